The van der Waals surface area contributed by atoms with Crippen LogP contribution in [0.1, 0.15) is 33.9 Å². The molecule has 3 aromatic heterocycles. The standard InChI is InChI=1S/C19H17N5OS2/c1-12(14-5-7-15(8-6-14)24-11-20-10-21-24)22-18(25)17-13(2)23-19(27-17)16-4-3-9-26-16/h3-12H,1-2H3,(H,22,25)/t12-/m1/s1. The lowest BCUT2D eigenvalue weighted by Gasteiger charge is -2.14. The molecule has 1 aromatic carbocycles. The van der Waals surface area contributed by atoms with Crippen LogP contribution in [0.3, 0.4) is 0 Å². The summed E-state index contributed by atoms with van der Waals surface area (Å²) in [6.45, 7) is 3.85. The number of thiophene rings is 1. The highest BCUT2D eigenvalue weighted by Crippen LogP contribution is 2.31. The van der Waals surface area contributed by atoms with E-state index in [2.05, 4.69) is 20.4 Å². The van der Waals surface area contributed by atoms with Gasteiger partial charge in [0, 0.05) is 0 Å². The van der Waals surface area contributed by atoms with Crippen LogP contribution in [-0.4, -0.2) is 25.7 Å². The molecule has 0 aliphatic carbocycles. The number of nitrogens with zero attached hydrogens (tertiary/aromatic N) is 4. The van der Waals surface area contributed by atoms with Crippen molar-refractivity contribution in [2.24, 2.45) is 0 Å². The summed E-state index contributed by atoms with van der Waals surface area (Å²) in [7, 11) is 0. The van der Waals surface area contributed by atoms with Gasteiger partial charge in [-0.05, 0) is 43.0 Å². The van der Waals surface area contributed by atoms with Crippen molar-refractivity contribution in [1.29, 1.82) is 0 Å². The molecule has 0 saturated carbocycles. The molecule has 6 nitrogen and oxygen atoms in total. The molecule has 3 heterocycles. The molecule has 0 unspecified atom stereocenters. The zero-order valence-corrected chi connectivity index (χ0v) is 16.4. The Morgan fingerprint density at radius 3 is 2.70 bits per heavy atom. The van der Waals surface area contributed by atoms with E-state index >= 15 is 0 Å². The van der Waals surface area contributed by atoms with Crippen molar-refractivity contribution in [3.63, 3.8) is 0 Å². The molecule has 0 saturated heterocycles. The number of nitrogens with one attached hydrogen (secondary N) is 1. The maximum Gasteiger partial charge on any atom is 0.263 e. The van der Waals surface area contributed by atoms with Crippen LogP contribution in [0.4, 0.5) is 0 Å². The van der Waals surface area contributed by atoms with E-state index in [0.717, 1.165) is 26.8 Å². The average Bonchev–Trinajstić information content (AvgIpc) is 3.43. The fourth-order valence-corrected chi connectivity index (χ4v) is 4.48. The van der Waals surface area contributed by atoms with Gasteiger partial charge in [-0.2, -0.15) is 5.10 Å². The van der Waals surface area contributed by atoms with Gasteiger partial charge in [-0.1, -0.05) is 18.2 Å². The molecule has 27 heavy (non-hydrogen) atoms. The molecular weight excluding hydrogens is 378 g/mol. The van der Waals surface area contributed by atoms with Gasteiger partial charge in [0.15, 0.2) is 0 Å². The highest BCUT2D eigenvalue weighted by Gasteiger charge is 2.19. The first kappa shape index (κ1) is 17.6. The number of carbonyl (C=O) groups excluding carboxylic acids is 1. The Morgan fingerprint density at radius 1 is 1.22 bits per heavy atom. The number of carbonyl (C=O) groups is 1. The highest BCUT2D eigenvalue weighted by atomic mass is 32.1. The molecule has 1 atom stereocenters. The minimum atomic E-state index is -0.117. The Morgan fingerprint density at radius 2 is 2.04 bits per heavy atom. The highest BCUT2D eigenvalue weighted by molar-refractivity contribution is 7.22. The van der Waals surface area contributed by atoms with Crippen LogP contribution in [0, 0.1) is 6.92 Å². The van der Waals surface area contributed by atoms with Gasteiger partial charge in [0.1, 0.15) is 22.5 Å². The van der Waals surface area contributed by atoms with E-state index in [4.69, 9.17) is 0 Å². The second kappa shape index (κ2) is 7.42. The minimum absolute atomic E-state index is 0.0966. The average molecular weight is 396 g/mol. The van der Waals surface area contributed by atoms with Gasteiger partial charge in [0.25, 0.3) is 5.91 Å². The van der Waals surface area contributed by atoms with E-state index < -0.39 is 0 Å². The quantitative estimate of drug-likeness (QED) is 0.548. The Labute approximate surface area is 164 Å². The third-order valence-electron chi connectivity index (χ3n) is 4.16. The van der Waals surface area contributed by atoms with Crippen LogP contribution in [0.15, 0.2) is 54.4 Å². The topological polar surface area (TPSA) is 72.7 Å². The predicted octanol–water partition coefficient (Wildman–Crippen LogP) is 4.25. The summed E-state index contributed by atoms with van der Waals surface area (Å²) < 4.78 is 1.69. The molecule has 1 amide bonds. The lowest BCUT2D eigenvalue weighted by atomic mass is 10.1. The number of rotatable bonds is 5. The van der Waals surface area contributed by atoms with Crippen molar-refractivity contribution < 1.29 is 4.79 Å². The lowest BCUT2D eigenvalue weighted by Crippen LogP contribution is -2.26. The summed E-state index contributed by atoms with van der Waals surface area (Å²) in [5, 5.41) is 10.1. The first-order valence-electron chi connectivity index (χ1n) is 8.39. The number of hydrogen-bond acceptors (Lipinski definition) is 6. The molecule has 0 radical (unpaired) electrons. The van der Waals surface area contributed by atoms with Crippen LogP contribution in [-0.2, 0) is 0 Å². The van der Waals surface area contributed by atoms with Gasteiger partial charge < -0.3 is 5.32 Å². The summed E-state index contributed by atoms with van der Waals surface area (Å²) in [5.74, 6) is -0.0966. The fraction of sp³-hybridized carbons (Fsp3) is 0.158. The van der Waals surface area contributed by atoms with Crippen LogP contribution >= 0.6 is 22.7 Å². The van der Waals surface area contributed by atoms with Crippen molar-refractivity contribution in [2.45, 2.75) is 19.9 Å². The van der Waals surface area contributed by atoms with E-state index in [0.29, 0.717) is 4.88 Å². The zero-order chi connectivity index (χ0) is 18.8. The minimum Gasteiger partial charge on any atom is -0.345 e. The van der Waals surface area contributed by atoms with E-state index in [1.165, 1.54) is 17.7 Å². The van der Waals surface area contributed by atoms with Crippen molar-refractivity contribution in [3.05, 3.63) is 70.6 Å². The Bertz CT molecular complexity index is 1040. The second-order valence-corrected chi connectivity index (χ2v) is 7.98. The lowest BCUT2D eigenvalue weighted by molar-refractivity contribution is 0.0943. The van der Waals surface area contributed by atoms with Crippen molar-refractivity contribution in [2.75, 3.05) is 0 Å². The summed E-state index contributed by atoms with van der Waals surface area (Å²) >= 11 is 3.06. The maximum atomic E-state index is 12.7. The van der Waals surface area contributed by atoms with E-state index in [1.54, 1.807) is 22.3 Å². The summed E-state index contributed by atoms with van der Waals surface area (Å²) in [6.07, 6.45) is 3.15. The van der Waals surface area contributed by atoms with Gasteiger partial charge in [0.2, 0.25) is 0 Å². The molecule has 0 bridgehead atoms. The van der Waals surface area contributed by atoms with Gasteiger partial charge >= 0.3 is 0 Å². The van der Waals surface area contributed by atoms with Gasteiger partial charge in [-0.15, -0.1) is 22.7 Å². The van der Waals surface area contributed by atoms with E-state index in [9.17, 15) is 4.79 Å². The molecule has 0 spiro atoms. The predicted molar refractivity (Wildman–Crippen MR) is 107 cm³/mol. The molecule has 0 aliphatic heterocycles. The maximum absolute atomic E-state index is 12.7. The van der Waals surface area contributed by atoms with Crippen LogP contribution < -0.4 is 5.32 Å². The zero-order valence-electron chi connectivity index (χ0n) is 14.8. The summed E-state index contributed by atoms with van der Waals surface area (Å²) in [4.78, 5) is 23.0. The van der Waals surface area contributed by atoms with Gasteiger partial charge in [-0.3, -0.25) is 4.79 Å². The largest absolute Gasteiger partial charge is 0.345 e. The summed E-state index contributed by atoms with van der Waals surface area (Å²) in [6, 6.07) is 11.8. The molecule has 0 aliphatic rings. The number of hydrogen-bond donors (Lipinski definition) is 1. The second-order valence-electron chi connectivity index (χ2n) is 6.04. The summed E-state index contributed by atoms with van der Waals surface area (Å²) in [5.41, 5.74) is 2.70. The van der Waals surface area contributed by atoms with Crippen molar-refractivity contribution in [1.82, 2.24) is 25.1 Å². The van der Waals surface area contributed by atoms with Gasteiger partial charge in [0.05, 0.1) is 22.3 Å². The Kier molecular flexibility index (Phi) is 4.83. The van der Waals surface area contributed by atoms with Crippen molar-refractivity contribution >= 4 is 28.6 Å². The van der Waals surface area contributed by atoms with E-state index in [1.807, 2.05) is 55.6 Å². The SMILES string of the molecule is Cc1nc(-c2cccs2)sc1C(=O)N[C@H](C)c1ccc(-n2cncn2)cc1. The third kappa shape index (κ3) is 3.67. The Hall–Kier alpha value is -2.84. The molecule has 1 N–H and O–H groups in total. The van der Waals surface area contributed by atoms with Crippen molar-refractivity contribution in [3.8, 4) is 15.6 Å². The molecule has 4 aromatic rings. The fourth-order valence-electron chi connectivity index (χ4n) is 2.72. The first-order valence-corrected chi connectivity index (χ1v) is 10.1. The number of aromatic nitrogens is 4. The van der Waals surface area contributed by atoms with Crippen LogP contribution in [0.2, 0.25) is 0 Å². The smallest absolute Gasteiger partial charge is 0.263 e. The first-order chi connectivity index (χ1) is 13.1. The number of benzene rings is 1. The number of aryl methyl sites for hydroxylation is 1. The monoisotopic (exact) mass is 395 g/mol. The van der Waals surface area contributed by atoms with Gasteiger partial charge in [-0.25, -0.2) is 14.6 Å². The van der Waals surface area contributed by atoms with E-state index in [-0.39, 0.29) is 11.9 Å². The van der Waals surface area contributed by atoms with Crippen LogP contribution in [0.25, 0.3) is 15.6 Å². The Balaban J connectivity index is 1.48. The molecule has 0 fully saturated rings. The number of amides is 1. The molecule has 8 heteroatoms. The van der Waals surface area contributed by atoms with Crippen LogP contribution in [0.5, 0.6) is 0 Å². The molecule has 4 rings (SSSR count). The third-order valence-corrected chi connectivity index (χ3v) is 6.35. The molecular formula is C19H17N5OS2. The number of thiazole rings is 1. The normalized spacial score (nSPS) is 12.1. The molecule has 136 valence electrons.